The van der Waals surface area contributed by atoms with Gasteiger partial charge in [-0.3, -0.25) is 14.5 Å². The lowest BCUT2D eigenvalue weighted by atomic mass is 9.85. The Labute approximate surface area is 174 Å². The maximum atomic E-state index is 13.4. The minimum absolute atomic E-state index is 0.352. The van der Waals surface area contributed by atoms with E-state index in [2.05, 4.69) is 10.6 Å². The minimum Gasteiger partial charge on any atom is -0.495 e. The number of imide groups is 1. The number of carbonyl (C=O) groups is 3. The van der Waals surface area contributed by atoms with Crippen molar-refractivity contribution in [2.24, 2.45) is 0 Å². The SMILES string of the molecule is CCCC[C@@]1(c2ccc(F)cc2)NC(=O)N(CC(=O)Nc2ccccc2OC)C1=O. The van der Waals surface area contributed by atoms with Crippen LogP contribution < -0.4 is 15.4 Å². The maximum absolute atomic E-state index is 13.4. The Morgan fingerprint density at radius 1 is 1.17 bits per heavy atom. The van der Waals surface area contributed by atoms with Gasteiger partial charge in [-0.2, -0.15) is 0 Å². The number of amides is 4. The van der Waals surface area contributed by atoms with E-state index < -0.39 is 35.7 Å². The average molecular weight is 413 g/mol. The smallest absolute Gasteiger partial charge is 0.325 e. The summed E-state index contributed by atoms with van der Waals surface area (Å²) in [5.74, 6) is -1.03. The van der Waals surface area contributed by atoms with Gasteiger partial charge in [0.25, 0.3) is 5.91 Å². The van der Waals surface area contributed by atoms with E-state index >= 15 is 0 Å². The highest BCUT2D eigenvalue weighted by Crippen LogP contribution is 2.34. The molecule has 0 aliphatic carbocycles. The van der Waals surface area contributed by atoms with Crippen LogP contribution in [-0.4, -0.2) is 36.4 Å². The van der Waals surface area contributed by atoms with Crippen LogP contribution in [-0.2, 0) is 15.1 Å². The highest BCUT2D eigenvalue weighted by Gasteiger charge is 2.52. The summed E-state index contributed by atoms with van der Waals surface area (Å²) >= 11 is 0. The largest absolute Gasteiger partial charge is 0.495 e. The van der Waals surface area contributed by atoms with Crippen molar-refractivity contribution in [1.82, 2.24) is 10.2 Å². The quantitative estimate of drug-likeness (QED) is 0.650. The standard InChI is InChI=1S/C22H24FN3O4/c1-3-4-13-22(15-9-11-16(23)12-10-15)20(28)26(21(29)25-22)14-19(27)24-17-7-5-6-8-18(17)30-2/h5-12H,3-4,13-14H2,1-2H3,(H,24,27)(H,25,29)/t22-/m0/s1. The average Bonchev–Trinajstić information content (AvgIpc) is 2.98. The molecule has 2 aromatic carbocycles. The molecule has 0 saturated carbocycles. The number of unbranched alkanes of at least 4 members (excludes halogenated alkanes) is 1. The van der Waals surface area contributed by atoms with Gasteiger partial charge in [0, 0.05) is 0 Å². The molecule has 1 aliphatic rings. The van der Waals surface area contributed by atoms with Crippen LogP contribution in [0.1, 0.15) is 31.7 Å². The third kappa shape index (κ3) is 4.12. The van der Waals surface area contributed by atoms with Crippen molar-refractivity contribution in [1.29, 1.82) is 0 Å². The van der Waals surface area contributed by atoms with Crippen LogP contribution in [0, 0.1) is 5.82 Å². The van der Waals surface area contributed by atoms with Crippen LogP contribution in [0.5, 0.6) is 5.75 Å². The van der Waals surface area contributed by atoms with Crippen molar-refractivity contribution in [3.8, 4) is 5.75 Å². The van der Waals surface area contributed by atoms with Crippen LogP contribution in [0.3, 0.4) is 0 Å². The number of hydrogen-bond donors (Lipinski definition) is 2. The molecule has 1 heterocycles. The Morgan fingerprint density at radius 3 is 2.53 bits per heavy atom. The van der Waals surface area contributed by atoms with E-state index in [0.29, 0.717) is 29.8 Å². The molecule has 30 heavy (non-hydrogen) atoms. The fraction of sp³-hybridized carbons (Fsp3) is 0.318. The third-order valence-electron chi connectivity index (χ3n) is 5.10. The second-order valence-corrected chi connectivity index (χ2v) is 7.09. The van der Waals surface area contributed by atoms with Gasteiger partial charge >= 0.3 is 6.03 Å². The van der Waals surface area contributed by atoms with Crippen molar-refractivity contribution < 1.29 is 23.5 Å². The number of anilines is 1. The Bertz CT molecular complexity index is 948. The molecule has 0 unspecified atom stereocenters. The summed E-state index contributed by atoms with van der Waals surface area (Å²) in [4.78, 5) is 39.4. The van der Waals surface area contributed by atoms with Gasteiger partial charge in [0.2, 0.25) is 5.91 Å². The predicted molar refractivity (Wildman–Crippen MR) is 109 cm³/mol. The molecule has 1 atom stereocenters. The van der Waals surface area contributed by atoms with Crippen molar-refractivity contribution in [3.63, 3.8) is 0 Å². The zero-order valence-corrected chi connectivity index (χ0v) is 16.9. The molecule has 1 saturated heterocycles. The van der Waals surface area contributed by atoms with E-state index in [9.17, 15) is 18.8 Å². The molecule has 158 valence electrons. The normalized spacial score (nSPS) is 18.3. The first-order chi connectivity index (χ1) is 14.4. The van der Waals surface area contributed by atoms with Gasteiger partial charge in [0.05, 0.1) is 12.8 Å². The fourth-order valence-electron chi connectivity index (χ4n) is 3.54. The predicted octanol–water partition coefficient (Wildman–Crippen LogP) is 3.41. The first-order valence-electron chi connectivity index (χ1n) is 9.74. The number of hydrogen-bond acceptors (Lipinski definition) is 4. The van der Waals surface area contributed by atoms with Crippen molar-refractivity contribution >= 4 is 23.5 Å². The van der Waals surface area contributed by atoms with E-state index in [1.54, 1.807) is 24.3 Å². The van der Waals surface area contributed by atoms with E-state index in [4.69, 9.17) is 4.74 Å². The second-order valence-electron chi connectivity index (χ2n) is 7.09. The molecule has 3 rings (SSSR count). The molecule has 0 aromatic heterocycles. The monoisotopic (exact) mass is 413 g/mol. The summed E-state index contributed by atoms with van der Waals surface area (Å²) in [6.07, 6.45) is 1.83. The van der Waals surface area contributed by atoms with Crippen molar-refractivity contribution in [3.05, 3.63) is 59.9 Å². The fourth-order valence-corrected chi connectivity index (χ4v) is 3.54. The van der Waals surface area contributed by atoms with Gasteiger partial charge in [-0.25, -0.2) is 9.18 Å². The number of ether oxygens (including phenoxy) is 1. The summed E-state index contributed by atoms with van der Waals surface area (Å²) in [6.45, 7) is 1.52. The Hall–Kier alpha value is -3.42. The van der Waals surface area contributed by atoms with E-state index in [1.807, 2.05) is 6.92 Å². The lowest BCUT2D eigenvalue weighted by Crippen LogP contribution is -2.44. The summed E-state index contributed by atoms with van der Waals surface area (Å²) in [5, 5.41) is 5.40. The number of halogens is 1. The van der Waals surface area contributed by atoms with Crippen LogP contribution in [0.2, 0.25) is 0 Å². The van der Waals surface area contributed by atoms with Gasteiger partial charge in [0.15, 0.2) is 0 Å². The molecule has 0 bridgehead atoms. The van der Waals surface area contributed by atoms with Crippen molar-refractivity contribution in [2.75, 3.05) is 19.0 Å². The molecular weight excluding hydrogens is 389 g/mol. The number of benzene rings is 2. The summed E-state index contributed by atoms with van der Waals surface area (Å²) in [7, 11) is 1.48. The van der Waals surface area contributed by atoms with Gasteiger partial charge in [0.1, 0.15) is 23.7 Å². The zero-order valence-electron chi connectivity index (χ0n) is 16.9. The number of methoxy groups -OCH3 is 1. The van der Waals surface area contributed by atoms with Gasteiger partial charge < -0.3 is 15.4 Å². The summed E-state index contributed by atoms with van der Waals surface area (Å²) in [6, 6.07) is 11.7. The molecular formula is C22H24FN3O4. The minimum atomic E-state index is -1.31. The van der Waals surface area contributed by atoms with Crippen LogP contribution in [0.4, 0.5) is 14.9 Å². The molecule has 1 fully saturated rings. The molecule has 0 radical (unpaired) electrons. The number of nitrogens with one attached hydrogen (secondary N) is 2. The van der Waals surface area contributed by atoms with Crippen LogP contribution >= 0.6 is 0 Å². The molecule has 8 heteroatoms. The Kier molecular flexibility index (Phi) is 6.34. The van der Waals surface area contributed by atoms with Crippen molar-refractivity contribution in [2.45, 2.75) is 31.7 Å². The molecule has 2 aromatic rings. The number of nitrogens with zero attached hydrogens (tertiary/aromatic N) is 1. The topological polar surface area (TPSA) is 87.7 Å². The first kappa shape index (κ1) is 21.3. The zero-order chi connectivity index (χ0) is 21.7. The molecule has 2 N–H and O–H groups in total. The molecule has 0 spiro atoms. The number of para-hydroxylation sites is 2. The summed E-state index contributed by atoms with van der Waals surface area (Å²) < 4.78 is 18.6. The van der Waals surface area contributed by atoms with E-state index in [0.717, 1.165) is 11.3 Å². The van der Waals surface area contributed by atoms with Gasteiger partial charge in [-0.15, -0.1) is 0 Å². The number of rotatable bonds is 8. The maximum Gasteiger partial charge on any atom is 0.325 e. The molecule has 1 aliphatic heterocycles. The molecule has 7 nitrogen and oxygen atoms in total. The van der Waals surface area contributed by atoms with Crippen LogP contribution in [0.15, 0.2) is 48.5 Å². The summed E-state index contributed by atoms with van der Waals surface area (Å²) in [5.41, 5.74) is -0.387. The molecule has 4 amide bonds. The van der Waals surface area contributed by atoms with Crippen LogP contribution in [0.25, 0.3) is 0 Å². The number of urea groups is 1. The van der Waals surface area contributed by atoms with E-state index in [1.165, 1.54) is 31.4 Å². The lowest BCUT2D eigenvalue weighted by molar-refractivity contribution is -0.134. The third-order valence-corrected chi connectivity index (χ3v) is 5.10. The first-order valence-corrected chi connectivity index (χ1v) is 9.74. The highest BCUT2D eigenvalue weighted by molar-refractivity contribution is 6.10. The Balaban J connectivity index is 1.82. The van der Waals surface area contributed by atoms with Gasteiger partial charge in [-0.05, 0) is 36.2 Å². The van der Waals surface area contributed by atoms with E-state index in [-0.39, 0.29) is 0 Å². The van der Waals surface area contributed by atoms with Gasteiger partial charge in [-0.1, -0.05) is 44.0 Å². The Morgan fingerprint density at radius 2 is 1.87 bits per heavy atom. The second kappa shape index (κ2) is 8.94. The highest BCUT2D eigenvalue weighted by atomic mass is 19.1. The number of carbonyl (C=O) groups excluding carboxylic acids is 3. The lowest BCUT2D eigenvalue weighted by Gasteiger charge is -2.27.